The number of hydrogen-bond acceptors (Lipinski definition) is 5. The minimum absolute atomic E-state index is 0.587. The van der Waals surface area contributed by atoms with Gasteiger partial charge in [0.2, 0.25) is 0 Å². The Kier molecular flexibility index (Phi) is 8.78. The van der Waals surface area contributed by atoms with E-state index in [4.69, 9.17) is 24.7 Å². The lowest BCUT2D eigenvalue weighted by Crippen LogP contribution is -2.09. The molecule has 0 aliphatic heterocycles. The van der Waals surface area contributed by atoms with Crippen molar-refractivity contribution in [3.63, 3.8) is 0 Å². The molecule has 0 radical (unpaired) electrons. The van der Waals surface area contributed by atoms with Gasteiger partial charge in [0.25, 0.3) is 0 Å². The molecule has 0 spiro atoms. The van der Waals surface area contributed by atoms with Crippen molar-refractivity contribution >= 4 is 0 Å². The molecular formula is C15H25NO4. The molecule has 114 valence electrons. The Balaban J connectivity index is 2.41. The molecule has 0 aromatic heterocycles. The van der Waals surface area contributed by atoms with Crippen molar-refractivity contribution in [3.05, 3.63) is 23.8 Å². The van der Waals surface area contributed by atoms with Crippen LogP contribution in [-0.4, -0.2) is 47.2 Å². The molecule has 0 aliphatic carbocycles. The summed E-state index contributed by atoms with van der Waals surface area (Å²) in [4.78, 5) is 0. The summed E-state index contributed by atoms with van der Waals surface area (Å²) in [5.74, 6) is 1.54. The van der Waals surface area contributed by atoms with Crippen molar-refractivity contribution in [1.29, 1.82) is 0 Å². The first-order valence-electron chi connectivity index (χ1n) is 6.89. The molecule has 1 rings (SSSR count). The molecule has 0 bridgehead atoms. The third-order valence-electron chi connectivity index (χ3n) is 2.81. The van der Waals surface area contributed by atoms with Crippen LogP contribution in [0.5, 0.6) is 11.5 Å². The molecule has 0 unspecified atom stereocenters. The molecule has 0 fully saturated rings. The van der Waals surface area contributed by atoms with E-state index in [-0.39, 0.29) is 0 Å². The second kappa shape index (κ2) is 10.5. The SMILES string of the molecule is COCCOCCCOc1c(CCN)cccc1OC. The van der Waals surface area contributed by atoms with E-state index in [0.717, 1.165) is 29.9 Å². The third kappa shape index (κ3) is 5.77. The van der Waals surface area contributed by atoms with E-state index < -0.39 is 0 Å². The molecule has 5 nitrogen and oxygen atoms in total. The lowest BCUT2D eigenvalue weighted by atomic mass is 10.1. The molecule has 0 atom stereocenters. The predicted octanol–water partition coefficient (Wildman–Crippen LogP) is 1.63. The second-order valence-corrected chi connectivity index (χ2v) is 4.29. The van der Waals surface area contributed by atoms with Crippen LogP contribution >= 0.6 is 0 Å². The van der Waals surface area contributed by atoms with Gasteiger partial charge in [0.1, 0.15) is 0 Å². The van der Waals surface area contributed by atoms with Crippen LogP contribution < -0.4 is 15.2 Å². The lowest BCUT2D eigenvalue weighted by molar-refractivity contribution is 0.0642. The maximum absolute atomic E-state index is 5.83. The van der Waals surface area contributed by atoms with Gasteiger partial charge in [-0.25, -0.2) is 0 Å². The smallest absolute Gasteiger partial charge is 0.164 e. The molecule has 0 heterocycles. The van der Waals surface area contributed by atoms with Gasteiger partial charge in [-0.1, -0.05) is 12.1 Å². The van der Waals surface area contributed by atoms with Gasteiger partial charge in [-0.15, -0.1) is 0 Å². The first-order valence-corrected chi connectivity index (χ1v) is 6.89. The quantitative estimate of drug-likeness (QED) is 0.625. The number of nitrogens with two attached hydrogens (primary N) is 1. The number of para-hydroxylation sites is 1. The van der Waals surface area contributed by atoms with E-state index in [1.165, 1.54) is 0 Å². The standard InChI is InChI=1S/C15H25NO4/c1-17-11-12-19-9-4-10-20-15-13(7-8-16)5-3-6-14(15)18-2/h3,5-6H,4,7-12,16H2,1-2H3. The van der Waals surface area contributed by atoms with E-state index in [2.05, 4.69) is 0 Å². The van der Waals surface area contributed by atoms with Gasteiger partial charge in [-0.3, -0.25) is 0 Å². The van der Waals surface area contributed by atoms with Gasteiger partial charge < -0.3 is 24.7 Å². The summed E-state index contributed by atoms with van der Waals surface area (Å²) >= 11 is 0. The van der Waals surface area contributed by atoms with Crippen molar-refractivity contribution in [1.82, 2.24) is 0 Å². The first kappa shape index (κ1) is 16.8. The van der Waals surface area contributed by atoms with Crippen molar-refractivity contribution < 1.29 is 18.9 Å². The van der Waals surface area contributed by atoms with Crippen LogP contribution in [0.25, 0.3) is 0 Å². The molecular weight excluding hydrogens is 258 g/mol. The van der Waals surface area contributed by atoms with E-state index in [1.807, 2.05) is 18.2 Å². The predicted molar refractivity (Wildman–Crippen MR) is 78.6 cm³/mol. The molecule has 0 saturated carbocycles. The number of ether oxygens (including phenoxy) is 4. The van der Waals surface area contributed by atoms with Crippen LogP contribution in [0.1, 0.15) is 12.0 Å². The Morgan fingerprint density at radius 2 is 1.90 bits per heavy atom. The summed E-state index contributed by atoms with van der Waals surface area (Å²) in [6.07, 6.45) is 1.60. The average Bonchev–Trinajstić information content (AvgIpc) is 2.47. The highest BCUT2D eigenvalue weighted by Crippen LogP contribution is 2.31. The zero-order chi connectivity index (χ0) is 14.6. The summed E-state index contributed by atoms with van der Waals surface area (Å²) in [6.45, 7) is 3.07. The second-order valence-electron chi connectivity index (χ2n) is 4.29. The van der Waals surface area contributed by atoms with Crippen LogP contribution in [-0.2, 0) is 15.9 Å². The van der Waals surface area contributed by atoms with E-state index in [1.54, 1.807) is 14.2 Å². The molecule has 0 amide bonds. The molecule has 0 aliphatic rings. The summed E-state index contributed by atoms with van der Waals surface area (Å²) in [6, 6.07) is 5.86. The zero-order valence-corrected chi connectivity index (χ0v) is 12.4. The fourth-order valence-corrected chi connectivity index (χ4v) is 1.82. The number of methoxy groups -OCH3 is 2. The van der Waals surface area contributed by atoms with E-state index in [9.17, 15) is 0 Å². The Bertz CT molecular complexity index is 371. The van der Waals surface area contributed by atoms with Gasteiger partial charge in [0, 0.05) is 20.1 Å². The lowest BCUT2D eigenvalue weighted by Gasteiger charge is -2.14. The molecule has 1 aromatic rings. The minimum Gasteiger partial charge on any atom is -0.493 e. The highest BCUT2D eigenvalue weighted by Gasteiger charge is 2.09. The maximum Gasteiger partial charge on any atom is 0.164 e. The van der Waals surface area contributed by atoms with Gasteiger partial charge in [0.15, 0.2) is 11.5 Å². The summed E-state index contributed by atoms with van der Waals surface area (Å²) in [5.41, 5.74) is 6.69. The van der Waals surface area contributed by atoms with Gasteiger partial charge >= 0.3 is 0 Å². The van der Waals surface area contributed by atoms with Crippen LogP contribution in [0.15, 0.2) is 18.2 Å². The fraction of sp³-hybridized carbons (Fsp3) is 0.600. The molecule has 1 aromatic carbocycles. The van der Waals surface area contributed by atoms with Gasteiger partial charge in [-0.05, 0) is 24.6 Å². The average molecular weight is 283 g/mol. The van der Waals surface area contributed by atoms with Crippen molar-refractivity contribution in [2.75, 3.05) is 47.2 Å². The summed E-state index contributed by atoms with van der Waals surface area (Å²) < 4.78 is 21.5. The number of hydrogen-bond donors (Lipinski definition) is 1. The van der Waals surface area contributed by atoms with Crippen molar-refractivity contribution in [3.8, 4) is 11.5 Å². The molecule has 2 N–H and O–H groups in total. The highest BCUT2D eigenvalue weighted by molar-refractivity contribution is 5.46. The largest absolute Gasteiger partial charge is 0.493 e. The molecule has 20 heavy (non-hydrogen) atoms. The van der Waals surface area contributed by atoms with E-state index in [0.29, 0.717) is 33.0 Å². The monoisotopic (exact) mass is 283 g/mol. The topological polar surface area (TPSA) is 62.9 Å². The van der Waals surface area contributed by atoms with Crippen molar-refractivity contribution in [2.45, 2.75) is 12.8 Å². The Labute approximate surface area is 121 Å². The van der Waals surface area contributed by atoms with Gasteiger partial charge in [-0.2, -0.15) is 0 Å². The third-order valence-corrected chi connectivity index (χ3v) is 2.81. The van der Waals surface area contributed by atoms with Crippen molar-refractivity contribution in [2.24, 2.45) is 5.73 Å². The Morgan fingerprint density at radius 1 is 1.05 bits per heavy atom. The van der Waals surface area contributed by atoms with Crippen LogP contribution in [0.4, 0.5) is 0 Å². The number of rotatable bonds is 11. The highest BCUT2D eigenvalue weighted by atomic mass is 16.5. The zero-order valence-electron chi connectivity index (χ0n) is 12.4. The first-order chi connectivity index (χ1) is 9.83. The summed E-state index contributed by atoms with van der Waals surface area (Å²) in [7, 11) is 3.30. The Morgan fingerprint density at radius 3 is 2.60 bits per heavy atom. The number of benzene rings is 1. The van der Waals surface area contributed by atoms with Crippen LogP contribution in [0, 0.1) is 0 Å². The van der Waals surface area contributed by atoms with Gasteiger partial charge in [0.05, 0.1) is 26.9 Å². The fourth-order valence-electron chi connectivity index (χ4n) is 1.82. The minimum atomic E-state index is 0.587. The normalized spacial score (nSPS) is 10.6. The van der Waals surface area contributed by atoms with Crippen LogP contribution in [0.2, 0.25) is 0 Å². The van der Waals surface area contributed by atoms with Crippen LogP contribution in [0.3, 0.4) is 0 Å². The maximum atomic E-state index is 5.83. The molecule has 5 heteroatoms. The summed E-state index contributed by atoms with van der Waals surface area (Å²) in [5, 5.41) is 0. The van der Waals surface area contributed by atoms with E-state index >= 15 is 0 Å². The molecule has 0 saturated heterocycles. The Hall–Kier alpha value is -1.30.